The molecule has 5 nitrogen and oxygen atoms in total. The Labute approximate surface area is 168 Å². The van der Waals surface area contributed by atoms with E-state index in [4.69, 9.17) is 15.9 Å². The second-order valence-corrected chi connectivity index (χ2v) is 7.58. The number of aliphatic hydroxyl groups is 1. The van der Waals surface area contributed by atoms with Crippen LogP contribution < -0.4 is 9.64 Å². The summed E-state index contributed by atoms with van der Waals surface area (Å²) in [6.07, 6.45) is 6.78. The number of hydrogen-bond acceptors (Lipinski definition) is 3. The number of benzene rings is 1. The summed E-state index contributed by atoms with van der Waals surface area (Å²) in [4.78, 5) is 1.33. The molecule has 0 spiro atoms. The number of rotatable bonds is 12. The first kappa shape index (κ1) is 22.0. The summed E-state index contributed by atoms with van der Waals surface area (Å²) in [5.41, 5.74) is 2.44. The molecule has 1 heterocycles. The molecule has 2 aromatic rings. The van der Waals surface area contributed by atoms with Crippen LogP contribution in [0.2, 0.25) is 0 Å². The van der Waals surface area contributed by atoms with Crippen molar-refractivity contribution in [1.29, 1.82) is 0 Å². The molecule has 0 saturated carbocycles. The van der Waals surface area contributed by atoms with Crippen molar-refractivity contribution >= 4 is 0 Å². The highest BCUT2D eigenvalue weighted by Gasteiger charge is 2.19. The Morgan fingerprint density at radius 3 is 2.75 bits per heavy atom. The molecule has 1 unspecified atom stereocenters. The molecule has 5 heteroatoms. The van der Waals surface area contributed by atoms with E-state index in [1.165, 1.54) is 16.2 Å². The predicted octanol–water partition coefficient (Wildman–Crippen LogP) is 1.60. The number of methoxy groups -OCH3 is 1. The molecule has 0 amide bonds. The fourth-order valence-electron chi connectivity index (χ4n) is 3.44. The van der Waals surface area contributed by atoms with Gasteiger partial charge >= 0.3 is 0 Å². The Hall–Kier alpha value is -2.26. The van der Waals surface area contributed by atoms with Crippen LogP contribution in [-0.4, -0.2) is 49.2 Å². The van der Waals surface area contributed by atoms with Gasteiger partial charge in [0.15, 0.2) is 0 Å². The number of terminal acetylenes is 1. The van der Waals surface area contributed by atoms with Gasteiger partial charge in [-0.1, -0.05) is 31.9 Å². The Morgan fingerprint density at radius 2 is 2.04 bits per heavy atom. The van der Waals surface area contributed by atoms with Crippen LogP contribution in [0.15, 0.2) is 42.6 Å². The highest BCUT2D eigenvalue weighted by atomic mass is 16.5. The third-order valence-corrected chi connectivity index (χ3v) is 4.56. The van der Waals surface area contributed by atoms with Crippen LogP contribution in [0.4, 0.5) is 0 Å². The van der Waals surface area contributed by atoms with E-state index in [0.717, 1.165) is 25.4 Å². The van der Waals surface area contributed by atoms with E-state index in [2.05, 4.69) is 54.8 Å². The molecule has 0 aliphatic heterocycles. The van der Waals surface area contributed by atoms with E-state index in [9.17, 15) is 5.11 Å². The molecule has 1 aromatic carbocycles. The average Bonchev–Trinajstić information content (AvgIpc) is 3.08. The summed E-state index contributed by atoms with van der Waals surface area (Å²) in [6, 6.07) is 12.4. The van der Waals surface area contributed by atoms with Gasteiger partial charge in [-0.3, -0.25) is 0 Å². The van der Waals surface area contributed by atoms with E-state index in [0.29, 0.717) is 12.5 Å². The molecule has 0 radical (unpaired) electrons. The molecular weight excluding hydrogens is 352 g/mol. The van der Waals surface area contributed by atoms with Crippen molar-refractivity contribution < 1.29 is 19.5 Å². The zero-order valence-electron chi connectivity index (χ0n) is 17.2. The number of aromatic nitrogens is 1. The predicted molar refractivity (Wildman–Crippen MR) is 111 cm³/mol. The van der Waals surface area contributed by atoms with Crippen LogP contribution in [0.1, 0.15) is 25.1 Å². The second kappa shape index (κ2) is 11.6. The van der Waals surface area contributed by atoms with Gasteiger partial charge in [0, 0.05) is 18.7 Å². The van der Waals surface area contributed by atoms with Crippen molar-refractivity contribution in [3.8, 4) is 18.1 Å². The smallest absolute Gasteiger partial charge is 0.126 e. The normalized spacial score (nSPS) is 13.3. The van der Waals surface area contributed by atoms with Crippen LogP contribution in [0.5, 0.6) is 5.75 Å². The monoisotopic (exact) mass is 385 g/mol. The molecule has 0 bridgehead atoms. The first-order valence-corrected chi connectivity index (χ1v) is 9.81. The Morgan fingerprint density at radius 1 is 1.21 bits per heavy atom. The maximum atomic E-state index is 10.3. The summed E-state index contributed by atoms with van der Waals surface area (Å²) in [5, 5.41) is 10.3. The van der Waals surface area contributed by atoms with Gasteiger partial charge < -0.3 is 24.0 Å². The minimum Gasteiger partial charge on any atom is -0.497 e. The van der Waals surface area contributed by atoms with Crippen molar-refractivity contribution in [2.75, 3.05) is 33.4 Å². The quantitative estimate of drug-likeness (QED) is 0.431. The lowest BCUT2D eigenvalue weighted by Crippen LogP contribution is -3.12. The van der Waals surface area contributed by atoms with Crippen molar-refractivity contribution in [3.05, 3.63) is 53.9 Å². The van der Waals surface area contributed by atoms with Crippen molar-refractivity contribution in [2.45, 2.75) is 33.0 Å². The van der Waals surface area contributed by atoms with Crippen molar-refractivity contribution in [2.24, 2.45) is 5.92 Å². The maximum Gasteiger partial charge on any atom is 0.126 e. The van der Waals surface area contributed by atoms with Crippen LogP contribution >= 0.6 is 0 Å². The molecule has 2 N–H and O–H groups in total. The second-order valence-electron chi connectivity index (χ2n) is 7.58. The summed E-state index contributed by atoms with van der Waals surface area (Å²) in [7, 11) is 1.69. The number of nitrogens with one attached hydrogen (secondary N) is 1. The molecule has 0 saturated heterocycles. The standard InChI is InChI=1S/C23H32N2O3/c1-5-12-28-18-22(26)17-24(14-19(2)3)16-21-9-7-11-25(21)15-20-8-6-10-23(13-20)27-4/h1,6-11,13,19,22,26H,12,14-18H2,2-4H3/p+1/t22-/m1/s1. The van der Waals surface area contributed by atoms with Gasteiger partial charge in [-0.05, 0) is 29.8 Å². The average molecular weight is 386 g/mol. The van der Waals surface area contributed by atoms with E-state index in [-0.39, 0.29) is 13.2 Å². The van der Waals surface area contributed by atoms with Crippen LogP contribution in [0.3, 0.4) is 0 Å². The number of aliphatic hydroxyl groups excluding tert-OH is 1. The molecular formula is C23H33N2O3+. The molecule has 0 aliphatic rings. The SMILES string of the molecule is C#CCOC[C@H](O)C[NH+](Cc1cccn1Cc1cccc(OC)c1)CC(C)C. The molecule has 2 rings (SSSR count). The van der Waals surface area contributed by atoms with Gasteiger partial charge in [0.05, 0.1) is 26.0 Å². The van der Waals surface area contributed by atoms with Gasteiger partial charge in [0.2, 0.25) is 0 Å². The highest BCUT2D eigenvalue weighted by Crippen LogP contribution is 2.14. The fourth-order valence-corrected chi connectivity index (χ4v) is 3.44. The van der Waals surface area contributed by atoms with Gasteiger partial charge in [0.25, 0.3) is 0 Å². The molecule has 152 valence electrons. The van der Waals surface area contributed by atoms with Crippen LogP contribution in [0.25, 0.3) is 0 Å². The first-order chi connectivity index (χ1) is 13.5. The van der Waals surface area contributed by atoms with E-state index < -0.39 is 6.10 Å². The molecule has 28 heavy (non-hydrogen) atoms. The first-order valence-electron chi connectivity index (χ1n) is 9.81. The number of ether oxygens (including phenoxy) is 2. The lowest BCUT2D eigenvalue weighted by molar-refractivity contribution is -0.920. The maximum absolute atomic E-state index is 10.3. The molecule has 2 atom stereocenters. The Bertz CT molecular complexity index is 748. The highest BCUT2D eigenvalue weighted by molar-refractivity contribution is 5.29. The minimum absolute atomic E-state index is 0.236. The molecule has 0 fully saturated rings. The zero-order valence-corrected chi connectivity index (χ0v) is 17.2. The third-order valence-electron chi connectivity index (χ3n) is 4.56. The molecule has 0 aliphatic carbocycles. The number of quaternary nitrogens is 1. The Kier molecular flexibility index (Phi) is 9.09. The van der Waals surface area contributed by atoms with E-state index >= 15 is 0 Å². The lowest BCUT2D eigenvalue weighted by atomic mass is 10.2. The number of hydrogen-bond donors (Lipinski definition) is 2. The van der Waals surface area contributed by atoms with E-state index in [1.54, 1.807) is 7.11 Å². The van der Waals surface area contributed by atoms with Crippen LogP contribution in [0, 0.1) is 18.3 Å². The summed E-state index contributed by atoms with van der Waals surface area (Å²) >= 11 is 0. The van der Waals surface area contributed by atoms with Crippen molar-refractivity contribution in [3.63, 3.8) is 0 Å². The zero-order chi connectivity index (χ0) is 20.4. The number of nitrogens with zero attached hydrogens (tertiary/aromatic N) is 1. The largest absolute Gasteiger partial charge is 0.497 e. The van der Waals surface area contributed by atoms with Gasteiger partial charge in [0.1, 0.15) is 31.5 Å². The van der Waals surface area contributed by atoms with Gasteiger partial charge in [-0.15, -0.1) is 6.42 Å². The third kappa shape index (κ3) is 7.40. The lowest BCUT2D eigenvalue weighted by Gasteiger charge is -2.24. The fraction of sp³-hybridized carbons (Fsp3) is 0.478. The van der Waals surface area contributed by atoms with Crippen molar-refractivity contribution in [1.82, 2.24) is 4.57 Å². The van der Waals surface area contributed by atoms with E-state index in [1.807, 2.05) is 12.1 Å². The summed E-state index contributed by atoms with van der Waals surface area (Å²) in [5.74, 6) is 3.84. The molecule has 1 aromatic heterocycles. The summed E-state index contributed by atoms with van der Waals surface area (Å²) in [6.45, 7) is 8.18. The summed E-state index contributed by atoms with van der Waals surface area (Å²) < 4.78 is 12.9. The topological polar surface area (TPSA) is 48.1 Å². The van der Waals surface area contributed by atoms with Crippen LogP contribution in [-0.2, 0) is 17.8 Å². The van der Waals surface area contributed by atoms with Gasteiger partial charge in [-0.25, -0.2) is 0 Å². The minimum atomic E-state index is -0.524. The van der Waals surface area contributed by atoms with Gasteiger partial charge in [-0.2, -0.15) is 0 Å². The Balaban J connectivity index is 2.03.